The third kappa shape index (κ3) is 4.48. The number of nitrogens with one attached hydrogen (secondary N) is 2. The molecule has 0 saturated carbocycles. The van der Waals surface area contributed by atoms with Gasteiger partial charge in [0.25, 0.3) is 5.56 Å². The maximum absolute atomic E-state index is 14.0. The van der Waals surface area contributed by atoms with Crippen molar-refractivity contribution in [2.45, 2.75) is 26.3 Å². The summed E-state index contributed by atoms with van der Waals surface area (Å²) in [5.41, 5.74) is 2.87. The molecule has 2 N–H and O–H groups in total. The Bertz CT molecular complexity index is 1150. The molecule has 0 spiro atoms. The third-order valence-electron chi connectivity index (χ3n) is 6.04. The van der Waals surface area contributed by atoms with Gasteiger partial charge in [0.15, 0.2) is 0 Å². The predicted molar refractivity (Wildman–Crippen MR) is 121 cm³/mol. The van der Waals surface area contributed by atoms with Gasteiger partial charge in [0.2, 0.25) is 0 Å². The van der Waals surface area contributed by atoms with Crippen LogP contribution in [-0.2, 0) is 0 Å². The van der Waals surface area contributed by atoms with Crippen LogP contribution in [0.1, 0.15) is 29.3 Å². The lowest BCUT2D eigenvalue weighted by Gasteiger charge is -2.26. The molecule has 0 aliphatic carbocycles. The zero-order chi connectivity index (χ0) is 22.1. The number of nitrogens with zero attached hydrogens (tertiary/aromatic N) is 3. The Balaban J connectivity index is 1.46. The Morgan fingerprint density at radius 1 is 1.29 bits per heavy atom. The molecule has 1 aliphatic rings. The molecule has 3 aromatic rings. The maximum atomic E-state index is 14.0. The predicted octanol–water partition coefficient (Wildman–Crippen LogP) is 4.35. The fraction of sp³-hybridized carbons (Fsp3) is 0.348. The van der Waals surface area contributed by atoms with Gasteiger partial charge in [-0.05, 0) is 69.6 Å². The molecule has 0 amide bonds. The van der Waals surface area contributed by atoms with E-state index in [0.29, 0.717) is 29.5 Å². The van der Waals surface area contributed by atoms with Crippen LogP contribution in [0.2, 0.25) is 5.02 Å². The minimum atomic E-state index is -0.388. The molecule has 0 bridgehead atoms. The van der Waals surface area contributed by atoms with Gasteiger partial charge in [0, 0.05) is 35.6 Å². The molecule has 1 aromatic carbocycles. The second kappa shape index (κ2) is 8.77. The zero-order valence-electron chi connectivity index (χ0n) is 17.7. The second-order valence-electron chi connectivity index (χ2n) is 8.09. The molecule has 1 fully saturated rings. The fourth-order valence-corrected chi connectivity index (χ4v) is 4.24. The smallest absolute Gasteiger partial charge is 0.254 e. The number of benzene rings is 1. The highest BCUT2D eigenvalue weighted by molar-refractivity contribution is 6.30. The van der Waals surface area contributed by atoms with Crippen LogP contribution in [0.3, 0.4) is 0 Å². The van der Waals surface area contributed by atoms with Gasteiger partial charge < -0.3 is 10.3 Å². The number of hydrogen-bond acceptors (Lipinski definition) is 5. The topological polar surface area (TPSA) is 73.9 Å². The Hall–Kier alpha value is -2.77. The summed E-state index contributed by atoms with van der Waals surface area (Å²) in [5, 5.41) is 3.54. The zero-order valence-corrected chi connectivity index (χ0v) is 18.5. The first kappa shape index (κ1) is 21.5. The van der Waals surface area contributed by atoms with E-state index in [-0.39, 0.29) is 22.4 Å². The summed E-state index contributed by atoms with van der Waals surface area (Å²) in [6.07, 6.45) is 2.70. The summed E-state index contributed by atoms with van der Waals surface area (Å²) in [6, 6.07) is 8.92. The number of hydrogen-bond donors (Lipinski definition) is 2. The van der Waals surface area contributed by atoms with Crippen molar-refractivity contribution < 1.29 is 4.39 Å². The monoisotopic (exact) mass is 441 g/mol. The van der Waals surface area contributed by atoms with Gasteiger partial charge in [-0.2, -0.15) is 0 Å². The molecule has 2 aromatic heterocycles. The van der Waals surface area contributed by atoms with Crippen LogP contribution in [0.25, 0.3) is 11.4 Å². The first-order valence-electron chi connectivity index (χ1n) is 10.3. The second-order valence-corrected chi connectivity index (χ2v) is 8.49. The molecule has 2 unspecified atom stereocenters. The normalized spacial score (nSPS) is 19.0. The Labute approximate surface area is 185 Å². The van der Waals surface area contributed by atoms with Gasteiger partial charge in [-0.3, -0.25) is 9.69 Å². The van der Waals surface area contributed by atoms with Crippen LogP contribution in [-0.4, -0.2) is 40.0 Å². The van der Waals surface area contributed by atoms with E-state index in [1.54, 1.807) is 19.2 Å². The van der Waals surface area contributed by atoms with Gasteiger partial charge in [-0.1, -0.05) is 17.7 Å². The number of pyridine rings is 1. The molecule has 3 heterocycles. The fourth-order valence-electron chi connectivity index (χ4n) is 4.12. The van der Waals surface area contributed by atoms with Crippen LogP contribution in [0, 0.1) is 25.6 Å². The number of H-pyrrole nitrogens is 1. The van der Waals surface area contributed by atoms with Crippen molar-refractivity contribution in [3.8, 4) is 11.4 Å². The van der Waals surface area contributed by atoms with E-state index in [1.807, 2.05) is 25.1 Å². The van der Waals surface area contributed by atoms with Gasteiger partial charge in [0.05, 0.1) is 5.02 Å². The summed E-state index contributed by atoms with van der Waals surface area (Å²) in [5.74, 6) is 1.17. The van der Waals surface area contributed by atoms with Crippen molar-refractivity contribution in [3.63, 3.8) is 0 Å². The molecule has 1 aliphatic heterocycles. The number of rotatable bonds is 5. The molecule has 6 nitrogen and oxygen atoms in total. The first-order valence-corrected chi connectivity index (χ1v) is 10.6. The quantitative estimate of drug-likeness (QED) is 0.616. The van der Waals surface area contributed by atoms with Crippen molar-refractivity contribution in [2.75, 3.05) is 25.5 Å². The maximum Gasteiger partial charge on any atom is 0.254 e. The molecule has 1 saturated heterocycles. The van der Waals surface area contributed by atoms with Crippen molar-refractivity contribution >= 4 is 17.4 Å². The highest BCUT2D eigenvalue weighted by Crippen LogP contribution is 2.37. The summed E-state index contributed by atoms with van der Waals surface area (Å²) < 4.78 is 14.0. The van der Waals surface area contributed by atoms with Crippen LogP contribution in [0.5, 0.6) is 0 Å². The molecule has 4 rings (SSSR count). The van der Waals surface area contributed by atoms with Crippen molar-refractivity contribution in [2.24, 2.45) is 5.92 Å². The van der Waals surface area contributed by atoms with E-state index in [4.69, 9.17) is 11.6 Å². The number of aromatic nitrogens is 3. The van der Waals surface area contributed by atoms with E-state index in [0.717, 1.165) is 29.9 Å². The number of anilines is 1. The Morgan fingerprint density at radius 2 is 2.10 bits per heavy atom. The van der Waals surface area contributed by atoms with Crippen molar-refractivity contribution in [3.05, 3.63) is 74.5 Å². The van der Waals surface area contributed by atoms with Gasteiger partial charge >= 0.3 is 0 Å². The third-order valence-corrected chi connectivity index (χ3v) is 6.34. The number of halogens is 2. The minimum Gasteiger partial charge on any atom is -0.370 e. The SMILES string of the molecule is Cc1nc(-c2ccc(NCC3CCN(C)C3c3ccc(Cl)c(F)c3)nc2)[nH]c(=O)c1C. The summed E-state index contributed by atoms with van der Waals surface area (Å²) in [7, 11) is 2.06. The number of likely N-dealkylation sites (tertiary alicyclic amines) is 1. The van der Waals surface area contributed by atoms with E-state index in [2.05, 4.69) is 32.2 Å². The van der Waals surface area contributed by atoms with Gasteiger partial charge in [-0.25, -0.2) is 14.4 Å². The average molecular weight is 442 g/mol. The lowest BCUT2D eigenvalue weighted by molar-refractivity contribution is 0.281. The van der Waals surface area contributed by atoms with E-state index >= 15 is 0 Å². The molecule has 8 heteroatoms. The van der Waals surface area contributed by atoms with Crippen LogP contribution < -0.4 is 10.9 Å². The Morgan fingerprint density at radius 3 is 2.77 bits per heavy atom. The van der Waals surface area contributed by atoms with Gasteiger partial charge in [-0.15, -0.1) is 0 Å². The van der Waals surface area contributed by atoms with Crippen LogP contribution in [0.4, 0.5) is 10.2 Å². The minimum absolute atomic E-state index is 0.114. The van der Waals surface area contributed by atoms with Gasteiger partial charge in [0.1, 0.15) is 17.5 Å². The van der Waals surface area contributed by atoms with E-state index < -0.39 is 0 Å². The van der Waals surface area contributed by atoms with Crippen LogP contribution >= 0.6 is 11.6 Å². The molecule has 0 radical (unpaired) electrons. The standard InChI is InChI=1S/C23H25ClFN5O/c1-13-14(2)28-22(29-23(13)31)17-5-7-20(27-12-17)26-11-16-8-9-30(3)21(16)15-4-6-18(24)19(25)10-15/h4-7,10,12,16,21H,8-9,11H2,1-3H3,(H,26,27)(H,28,29,31). The summed E-state index contributed by atoms with van der Waals surface area (Å²) in [4.78, 5) is 26.0. The molecule has 162 valence electrons. The highest BCUT2D eigenvalue weighted by atomic mass is 35.5. The van der Waals surface area contributed by atoms with Crippen molar-refractivity contribution in [1.82, 2.24) is 19.9 Å². The lowest BCUT2D eigenvalue weighted by Crippen LogP contribution is -2.25. The summed E-state index contributed by atoms with van der Waals surface area (Å²) in [6.45, 7) is 5.23. The number of aryl methyl sites for hydroxylation is 1. The van der Waals surface area contributed by atoms with E-state index in [9.17, 15) is 9.18 Å². The largest absolute Gasteiger partial charge is 0.370 e. The van der Waals surface area contributed by atoms with Crippen molar-refractivity contribution in [1.29, 1.82) is 0 Å². The average Bonchev–Trinajstić information content (AvgIpc) is 3.13. The molecule has 31 heavy (non-hydrogen) atoms. The Kier molecular flexibility index (Phi) is 6.07. The van der Waals surface area contributed by atoms with Crippen LogP contribution in [0.15, 0.2) is 41.3 Å². The molecular weight excluding hydrogens is 417 g/mol. The molecular formula is C23H25ClFN5O. The number of aromatic amines is 1. The highest BCUT2D eigenvalue weighted by Gasteiger charge is 2.33. The molecule has 2 atom stereocenters. The lowest BCUT2D eigenvalue weighted by atomic mass is 9.93. The van der Waals surface area contributed by atoms with E-state index in [1.165, 1.54) is 6.07 Å². The first-order chi connectivity index (χ1) is 14.8. The summed E-state index contributed by atoms with van der Waals surface area (Å²) >= 11 is 5.85.